The average molecular weight is 868 g/mol. The van der Waals surface area contributed by atoms with E-state index in [9.17, 15) is 0 Å². The van der Waals surface area contributed by atoms with E-state index < -0.39 is 0 Å². The maximum absolute atomic E-state index is 2.59. The first kappa shape index (κ1) is 40.8. The quantitative estimate of drug-likeness (QED) is 0.138. The van der Waals surface area contributed by atoms with Gasteiger partial charge in [0.15, 0.2) is 0 Å². The Morgan fingerprint density at radius 1 is 0.463 bits per heavy atom. The predicted octanol–water partition coefficient (Wildman–Crippen LogP) is 16.7. The highest BCUT2D eigenvalue weighted by molar-refractivity contribution is 5.94. The Labute approximate surface area is 398 Å². The van der Waals surface area contributed by atoms with Crippen LogP contribution in [0.25, 0.3) is 22.3 Å². The van der Waals surface area contributed by atoms with Gasteiger partial charge in [-0.3, -0.25) is 0 Å². The summed E-state index contributed by atoms with van der Waals surface area (Å²) in [5.41, 5.74) is 23.6. The van der Waals surface area contributed by atoms with Crippen LogP contribution in [0.4, 0.5) is 17.1 Å². The van der Waals surface area contributed by atoms with Crippen LogP contribution >= 0.6 is 0 Å². The zero-order valence-corrected chi connectivity index (χ0v) is 39.2. The smallest absolute Gasteiger partial charge is 0.0496 e. The molecule has 0 radical (unpaired) electrons. The number of rotatable bonds is 8. The third-order valence-corrected chi connectivity index (χ3v) is 17.3. The third kappa shape index (κ3) is 7.03. The Hall–Kier alpha value is -6.44. The van der Waals surface area contributed by atoms with E-state index in [1.54, 1.807) is 5.56 Å². The van der Waals surface area contributed by atoms with E-state index in [4.69, 9.17) is 0 Å². The molecule has 8 aromatic rings. The van der Waals surface area contributed by atoms with Crippen LogP contribution in [0, 0.1) is 17.8 Å². The van der Waals surface area contributed by atoms with Gasteiger partial charge >= 0.3 is 0 Å². The van der Waals surface area contributed by atoms with Gasteiger partial charge < -0.3 is 4.90 Å². The van der Waals surface area contributed by atoms with Gasteiger partial charge in [0.2, 0.25) is 0 Å². The summed E-state index contributed by atoms with van der Waals surface area (Å²) in [6.07, 6.45) is 12.6. The molecule has 67 heavy (non-hydrogen) atoms. The Morgan fingerprint density at radius 2 is 1.07 bits per heavy atom. The van der Waals surface area contributed by atoms with Crippen LogP contribution in [0.5, 0.6) is 0 Å². The molecule has 1 nitrogen and oxygen atoms in total. The average Bonchev–Trinajstić information content (AvgIpc) is 3.59. The molecule has 4 saturated carbocycles. The van der Waals surface area contributed by atoms with Gasteiger partial charge in [0.05, 0.1) is 0 Å². The number of para-hydroxylation sites is 1. The van der Waals surface area contributed by atoms with Gasteiger partial charge in [-0.25, -0.2) is 0 Å². The van der Waals surface area contributed by atoms with E-state index >= 15 is 0 Å². The zero-order chi connectivity index (χ0) is 44.7. The fraction of sp³-hybridized carbons (Fsp3) is 0.273. The summed E-state index contributed by atoms with van der Waals surface area (Å²) in [5.74, 6) is 3.04. The molecule has 0 N–H and O–H groups in total. The summed E-state index contributed by atoms with van der Waals surface area (Å²) in [7, 11) is 0. The highest BCUT2D eigenvalue weighted by atomic mass is 15.1. The fourth-order valence-corrected chi connectivity index (χ4v) is 14.5. The van der Waals surface area contributed by atoms with Gasteiger partial charge in [0.1, 0.15) is 0 Å². The second kappa shape index (κ2) is 16.1. The first-order chi connectivity index (χ1) is 32.9. The van der Waals surface area contributed by atoms with Gasteiger partial charge in [-0.1, -0.05) is 172 Å². The van der Waals surface area contributed by atoms with Crippen molar-refractivity contribution in [1.82, 2.24) is 0 Å². The molecule has 8 aromatic carbocycles. The minimum Gasteiger partial charge on any atom is -0.310 e. The van der Waals surface area contributed by atoms with E-state index in [0.717, 1.165) is 43.4 Å². The van der Waals surface area contributed by atoms with Crippen LogP contribution in [0.2, 0.25) is 0 Å². The molecule has 4 fully saturated rings. The van der Waals surface area contributed by atoms with Crippen LogP contribution in [0.15, 0.2) is 188 Å². The molecular formula is C66H61N. The maximum atomic E-state index is 2.59. The van der Waals surface area contributed by atoms with E-state index in [2.05, 4.69) is 207 Å². The fourth-order valence-electron chi connectivity index (χ4n) is 14.5. The lowest BCUT2D eigenvalue weighted by atomic mass is 9.48. The molecule has 330 valence electrons. The van der Waals surface area contributed by atoms with E-state index in [0.29, 0.717) is 5.41 Å². The number of hydrogen-bond acceptors (Lipinski definition) is 1. The van der Waals surface area contributed by atoms with Crippen LogP contribution in [-0.2, 0) is 36.5 Å². The van der Waals surface area contributed by atoms with Crippen LogP contribution < -0.4 is 4.90 Å². The van der Waals surface area contributed by atoms with Gasteiger partial charge in [-0.15, -0.1) is 0 Å². The highest BCUT2D eigenvalue weighted by Gasteiger charge is 2.51. The van der Waals surface area contributed by atoms with Crippen molar-refractivity contribution in [3.8, 4) is 22.3 Å². The Bertz CT molecular complexity index is 3090. The van der Waals surface area contributed by atoms with E-state index in [-0.39, 0.29) is 11.3 Å². The number of fused-ring (bicyclic) bond motifs is 3. The van der Waals surface area contributed by atoms with Gasteiger partial charge in [0, 0.05) is 28.4 Å². The molecule has 1 heteroatoms. The van der Waals surface area contributed by atoms with Crippen molar-refractivity contribution in [1.29, 1.82) is 0 Å². The molecule has 9 aliphatic carbocycles. The molecule has 0 amide bonds. The van der Waals surface area contributed by atoms with E-state index in [1.165, 1.54) is 128 Å². The second-order valence-electron chi connectivity index (χ2n) is 21.8. The third-order valence-electron chi connectivity index (χ3n) is 17.3. The number of hydrogen-bond donors (Lipinski definition) is 0. The minimum absolute atomic E-state index is 0.146. The minimum atomic E-state index is -0.146. The summed E-state index contributed by atoms with van der Waals surface area (Å²) in [6.45, 7) is 4.82. The summed E-state index contributed by atoms with van der Waals surface area (Å²) >= 11 is 0. The number of anilines is 3. The Morgan fingerprint density at radius 3 is 1.78 bits per heavy atom. The lowest BCUT2D eigenvalue weighted by molar-refractivity contribution is -0.00519. The molecule has 1 atom stereocenters. The topological polar surface area (TPSA) is 3.24 Å². The Kier molecular flexibility index (Phi) is 9.82. The summed E-state index contributed by atoms with van der Waals surface area (Å²) < 4.78 is 0. The van der Waals surface area contributed by atoms with Crippen molar-refractivity contribution in [2.24, 2.45) is 17.8 Å². The highest BCUT2D eigenvalue weighted by Crippen LogP contribution is 2.61. The molecule has 0 spiro atoms. The molecular weight excluding hydrogens is 807 g/mol. The van der Waals surface area contributed by atoms with Crippen molar-refractivity contribution in [3.05, 3.63) is 244 Å². The van der Waals surface area contributed by atoms with Crippen LogP contribution in [-0.4, -0.2) is 0 Å². The second-order valence-corrected chi connectivity index (χ2v) is 21.8. The summed E-state index contributed by atoms with van der Waals surface area (Å²) in [6, 6.07) is 72.6. The van der Waals surface area contributed by atoms with Crippen molar-refractivity contribution in [2.75, 3.05) is 4.90 Å². The molecule has 0 heterocycles. The van der Waals surface area contributed by atoms with Crippen LogP contribution in [0.1, 0.15) is 114 Å². The van der Waals surface area contributed by atoms with Crippen molar-refractivity contribution in [2.45, 2.75) is 94.8 Å². The zero-order valence-electron chi connectivity index (χ0n) is 39.2. The Balaban J connectivity index is 0.864. The molecule has 0 saturated heterocycles. The largest absolute Gasteiger partial charge is 0.310 e. The van der Waals surface area contributed by atoms with Crippen molar-refractivity contribution >= 4 is 17.1 Å². The maximum Gasteiger partial charge on any atom is 0.0496 e. The summed E-state index contributed by atoms with van der Waals surface area (Å²) in [4.78, 5) is 2.55. The molecule has 0 aliphatic heterocycles. The van der Waals surface area contributed by atoms with Gasteiger partial charge in [-0.05, 0) is 196 Å². The van der Waals surface area contributed by atoms with Gasteiger partial charge in [0.25, 0.3) is 0 Å². The lowest BCUT2D eigenvalue weighted by Crippen LogP contribution is -2.48. The predicted molar refractivity (Wildman–Crippen MR) is 279 cm³/mol. The lowest BCUT2D eigenvalue weighted by Gasteiger charge is -2.57. The number of nitrogens with zero attached hydrogens (tertiary/aromatic N) is 1. The monoisotopic (exact) mass is 867 g/mol. The first-order valence-electron chi connectivity index (χ1n) is 25.4. The first-order valence-corrected chi connectivity index (χ1v) is 25.4. The molecule has 8 bridgehead atoms. The van der Waals surface area contributed by atoms with Gasteiger partial charge in [-0.2, -0.15) is 0 Å². The normalized spacial score (nSPS) is 22.1. The van der Waals surface area contributed by atoms with E-state index in [1.807, 2.05) is 0 Å². The number of aryl methyl sites for hydroxylation is 4. The molecule has 9 aliphatic rings. The SMILES string of the molecule is CC1(C)c2cc(N(c3ccccc3)c3cc4ccc3CCc3ccc(c(C(c5ccccc5)c5ccc(C67CC8CC(CC(C8)C6)C7)cc5)c3)CC4)ccc2-c2c(-c3ccccc3)cccc21. The summed E-state index contributed by atoms with van der Waals surface area (Å²) in [5, 5.41) is 0. The number of benzene rings is 8. The van der Waals surface area contributed by atoms with Crippen LogP contribution in [0.3, 0.4) is 0 Å². The van der Waals surface area contributed by atoms with Crippen molar-refractivity contribution < 1.29 is 0 Å². The van der Waals surface area contributed by atoms with Crippen molar-refractivity contribution in [3.63, 3.8) is 0 Å². The molecule has 1 unspecified atom stereocenters. The molecule has 17 rings (SSSR count). The molecule has 0 aromatic heterocycles. The standard InChI is InChI=1S/C66H61N/c1-65(2)60-20-12-19-57(49-13-6-3-7-14-49)64(60)58-34-33-56(40-61(58)65)67(55-17-10-5-11-18-55)62-39-45-22-26-50-25-21-44(23-27-51(62)28-24-45)38-59(50)63(52-15-8-4-9-16-52)53-29-31-54(32-30-53)66-41-46-35-47(42-66)37-48(36-46)43-66/h3-21,24-25,28-34,38-40,46-48,63H,22-23,26-27,35-37,41-43H2,1-2H3.